The summed E-state index contributed by atoms with van der Waals surface area (Å²) in [5, 5.41) is 15.1. The first-order valence-corrected chi connectivity index (χ1v) is 10.6. The average molecular weight is 431 g/mol. The van der Waals surface area contributed by atoms with E-state index in [1.54, 1.807) is 0 Å². The van der Waals surface area contributed by atoms with Crippen molar-refractivity contribution in [2.45, 2.75) is 43.7 Å². The number of nitrogens with one attached hydrogen (secondary N) is 1. The normalized spacial score (nSPS) is 30.2. The first-order chi connectivity index (χ1) is 14.8. The average Bonchev–Trinajstić information content (AvgIpc) is 3.43. The highest BCUT2D eigenvalue weighted by Crippen LogP contribution is 2.52. The van der Waals surface area contributed by atoms with Crippen LogP contribution in [0.3, 0.4) is 0 Å². The number of rotatable bonds is 6. The lowest BCUT2D eigenvalue weighted by Crippen LogP contribution is -2.43. The maximum absolute atomic E-state index is 13.4. The van der Waals surface area contributed by atoms with Crippen molar-refractivity contribution >= 4 is 11.8 Å². The second-order valence-corrected chi connectivity index (χ2v) is 8.76. The van der Waals surface area contributed by atoms with Crippen LogP contribution in [0.4, 0.5) is 0 Å². The number of amides is 2. The van der Waals surface area contributed by atoms with Crippen molar-refractivity contribution in [3.8, 4) is 11.5 Å². The molecule has 4 rings (SSSR count). The Balaban J connectivity index is 1.63. The maximum atomic E-state index is 13.4. The fourth-order valence-corrected chi connectivity index (χ4v) is 5.04. The molecule has 0 aromatic heterocycles. The summed E-state index contributed by atoms with van der Waals surface area (Å²) < 4.78 is 10.9. The van der Waals surface area contributed by atoms with Crippen LogP contribution in [0.1, 0.15) is 52.8 Å². The molecule has 2 amide bonds. The Morgan fingerprint density at radius 1 is 1.19 bits per heavy atom. The fourth-order valence-electron chi connectivity index (χ4n) is 5.04. The Hall–Kier alpha value is -2.58. The molecule has 4 atom stereocenters. The molecule has 1 aromatic rings. The second kappa shape index (κ2) is 8.16. The Morgan fingerprint density at radius 3 is 2.48 bits per heavy atom. The summed E-state index contributed by atoms with van der Waals surface area (Å²) in [5.41, 5.74) is 1.20. The van der Waals surface area contributed by atoms with Gasteiger partial charge in [-0.05, 0) is 50.2 Å². The topological polar surface area (TPSA) is 97.3 Å². The molecule has 0 spiro atoms. The van der Waals surface area contributed by atoms with E-state index >= 15 is 0 Å². The molecule has 0 aliphatic heterocycles. The molecule has 8 heteroatoms. The van der Waals surface area contributed by atoms with Crippen LogP contribution in [0.15, 0.2) is 23.8 Å². The van der Waals surface area contributed by atoms with Crippen molar-refractivity contribution in [3.05, 3.63) is 34.9 Å². The van der Waals surface area contributed by atoms with E-state index in [-0.39, 0.29) is 46.4 Å². The SMILES string of the molecule is COc1cc(C(=O)N(C)OC)cc(OC)c1C(=O)N[C@@H]1C2CC[C@@](O)(C/C=C3\CC31)C2. The van der Waals surface area contributed by atoms with Crippen molar-refractivity contribution in [2.75, 3.05) is 28.4 Å². The fraction of sp³-hybridized carbons (Fsp3) is 0.565. The molecule has 2 fully saturated rings. The Morgan fingerprint density at radius 2 is 1.87 bits per heavy atom. The highest BCUT2D eigenvalue weighted by Gasteiger charge is 2.50. The largest absolute Gasteiger partial charge is 0.496 e. The van der Waals surface area contributed by atoms with Crippen LogP contribution in [0, 0.1) is 11.8 Å². The van der Waals surface area contributed by atoms with Crippen molar-refractivity contribution in [1.82, 2.24) is 10.4 Å². The van der Waals surface area contributed by atoms with Gasteiger partial charge in [0.15, 0.2) is 0 Å². The number of hydroxylamine groups is 2. The van der Waals surface area contributed by atoms with Gasteiger partial charge in [-0.25, -0.2) is 5.06 Å². The van der Waals surface area contributed by atoms with Crippen molar-refractivity contribution in [1.29, 1.82) is 0 Å². The van der Waals surface area contributed by atoms with Gasteiger partial charge in [-0.2, -0.15) is 0 Å². The molecular formula is C23H30N2O6. The smallest absolute Gasteiger partial charge is 0.277 e. The third-order valence-electron chi connectivity index (χ3n) is 6.92. The molecule has 0 heterocycles. The van der Waals surface area contributed by atoms with Gasteiger partial charge in [0, 0.05) is 24.6 Å². The van der Waals surface area contributed by atoms with E-state index in [1.807, 2.05) is 0 Å². The molecule has 8 nitrogen and oxygen atoms in total. The molecule has 2 saturated carbocycles. The zero-order chi connectivity index (χ0) is 22.3. The number of carbonyl (C=O) groups excluding carboxylic acids is 2. The zero-order valence-electron chi connectivity index (χ0n) is 18.4. The van der Waals surface area contributed by atoms with E-state index < -0.39 is 5.60 Å². The summed E-state index contributed by atoms with van der Waals surface area (Å²) in [7, 11) is 5.80. The molecule has 31 heavy (non-hydrogen) atoms. The van der Waals surface area contributed by atoms with E-state index in [2.05, 4.69) is 11.4 Å². The number of benzene rings is 1. The quantitative estimate of drug-likeness (QED) is 0.531. The summed E-state index contributed by atoms with van der Waals surface area (Å²) in [6.07, 6.45) is 6.18. The maximum Gasteiger partial charge on any atom is 0.277 e. The highest BCUT2D eigenvalue weighted by atomic mass is 16.7. The number of hydrogen-bond acceptors (Lipinski definition) is 6. The monoisotopic (exact) mass is 430 g/mol. The van der Waals surface area contributed by atoms with Gasteiger partial charge in [-0.3, -0.25) is 14.4 Å². The third kappa shape index (κ3) is 4.02. The van der Waals surface area contributed by atoms with Crippen LogP contribution in [-0.4, -0.2) is 62.0 Å². The summed E-state index contributed by atoms with van der Waals surface area (Å²) >= 11 is 0. The molecule has 0 radical (unpaired) electrons. The first kappa shape index (κ1) is 21.6. The van der Waals surface area contributed by atoms with Crippen LogP contribution in [0.5, 0.6) is 11.5 Å². The molecule has 3 aliphatic carbocycles. The highest BCUT2D eigenvalue weighted by molar-refractivity contribution is 6.03. The Labute approximate surface area is 182 Å². The van der Waals surface area contributed by atoms with Crippen LogP contribution in [-0.2, 0) is 4.84 Å². The molecule has 0 saturated heterocycles. The minimum atomic E-state index is -0.654. The van der Waals surface area contributed by atoms with E-state index in [0.29, 0.717) is 18.8 Å². The summed E-state index contributed by atoms with van der Waals surface area (Å²) in [6.45, 7) is 0. The number of fused-ring (bicyclic) bond motifs is 3. The Kier molecular flexibility index (Phi) is 5.70. The summed E-state index contributed by atoms with van der Waals surface area (Å²) in [6, 6.07) is 3.00. The standard InChI is InChI=1S/C23H30N2O6/c1-25(31-4)22(27)15-10-17(29-2)19(18(11-15)30-3)21(26)24-20-14-6-8-23(28,12-14)7-5-13-9-16(13)20/h5,10-11,14,16,20,28H,6-9,12H2,1-4H3,(H,24,26)/b13-5+/t14?,16?,20-,23+/m1/s1. The van der Waals surface area contributed by atoms with E-state index in [0.717, 1.165) is 24.3 Å². The molecule has 1 aromatic carbocycles. The van der Waals surface area contributed by atoms with Gasteiger partial charge in [0.1, 0.15) is 17.1 Å². The molecule has 2 unspecified atom stereocenters. The number of methoxy groups -OCH3 is 2. The van der Waals surface area contributed by atoms with E-state index in [9.17, 15) is 14.7 Å². The number of hydrogen-bond donors (Lipinski definition) is 2. The van der Waals surface area contributed by atoms with E-state index in [4.69, 9.17) is 14.3 Å². The van der Waals surface area contributed by atoms with Crippen molar-refractivity contribution in [2.24, 2.45) is 11.8 Å². The summed E-state index contributed by atoms with van der Waals surface area (Å²) in [4.78, 5) is 30.9. The molecule has 2 N–H and O–H groups in total. The van der Waals surface area contributed by atoms with Gasteiger partial charge < -0.3 is 19.9 Å². The second-order valence-electron chi connectivity index (χ2n) is 8.76. The number of carbonyl (C=O) groups is 2. The zero-order valence-corrected chi connectivity index (χ0v) is 18.4. The van der Waals surface area contributed by atoms with Gasteiger partial charge in [0.05, 0.1) is 26.9 Å². The van der Waals surface area contributed by atoms with Crippen molar-refractivity contribution in [3.63, 3.8) is 0 Å². The minimum Gasteiger partial charge on any atom is -0.496 e. The van der Waals surface area contributed by atoms with Gasteiger partial charge in [-0.1, -0.05) is 11.6 Å². The van der Waals surface area contributed by atoms with Crippen LogP contribution in [0.2, 0.25) is 0 Å². The van der Waals surface area contributed by atoms with Gasteiger partial charge >= 0.3 is 0 Å². The van der Waals surface area contributed by atoms with Crippen LogP contribution in [0.25, 0.3) is 0 Å². The molecule has 168 valence electrons. The lowest BCUT2D eigenvalue weighted by atomic mass is 9.88. The van der Waals surface area contributed by atoms with Crippen LogP contribution >= 0.6 is 0 Å². The van der Waals surface area contributed by atoms with Crippen LogP contribution < -0.4 is 14.8 Å². The first-order valence-electron chi connectivity index (χ1n) is 10.6. The molecular weight excluding hydrogens is 400 g/mol. The molecule has 2 bridgehead atoms. The molecule has 3 aliphatic rings. The number of ether oxygens (including phenoxy) is 2. The predicted molar refractivity (Wildman–Crippen MR) is 113 cm³/mol. The minimum absolute atomic E-state index is 0.0385. The van der Waals surface area contributed by atoms with Crippen molar-refractivity contribution < 1.29 is 29.0 Å². The predicted octanol–water partition coefficient (Wildman–Crippen LogP) is 2.32. The van der Waals surface area contributed by atoms with Gasteiger partial charge in [-0.15, -0.1) is 0 Å². The third-order valence-corrected chi connectivity index (χ3v) is 6.92. The number of aliphatic hydroxyl groups is 1. The van der Waals surface area contributed by atoms with Gasteiger partial charge in [0.25, 0.3) is 11.8 Å². The van der Waals surface area contributed by atoms with E-state index in [1.165, 1.54) is 46.1 Å². The van der Waals surface area contributed by atoms with Gasteiger partial charge in [0.2, 0.25) is 0 Å². The Bertz CT molecular complexity index is 904. The lowest BCUT2D eigenvalue weighted by molar-refractivity contribution is -0.0757. The lowest BCUT2D eigenvalue weighted by Gasteiger charge is -2.29. The number of nitrogens with zero attached hydrogens (tertiary/aromatic N) is 1. The summed E-state index contributed by atoms with van der Waals surface area (Å²) in [5.74, 6) is 0.377.